The molecule has 0 bridgehead atoms. The Balaban J connectivity index is 1.45. The molecule has 3 rings (SSSR count). The second-order valence-electron chi connectivity index (χ2n) is 9.44. The number of fused-ring (bicyclic) bond motifs is 1. The van der Waals surface area contributed by atoms with Crippen molar-refractivity contribution >= 4 is 23.7 Å². The number of nitrogens with zero attached hydrogens (tertiary/aromatic N) is 2. The third-order valence-electron chi connectivity index (χ3n) is 6.00. The largest absolute Gasteiger partial charge is 0.437 e. The summed E-state index contributed by atoms with van der Waals surface area (Å²) in [6, 6.07) is 5.35. The molecule has 4 atom stereocenters. The molecule has 1 amide bonds. The molecule has 1 N–H and O–H groups in total. The van der Waals surface area contributed by atoms with Crippen LogP contribution in [-0.2, 0) is 23.8 Å². The molecule has 2 aliphatic heterocycles. The van der Waals surface area contributed by atoms with E-state index in [-0.39, 0.29) is 5.69 Å². The Kier molecular flexibility index (Phi) is 10.6. The number of anilines is 1. The SMILES string of the molecule is CCCCCCCCCCO[C@@H]1[C@H]2OC(C)(C)O[C@H]2O[C@@H]1/C=N/OC(=O)Nc1ccc([N+](=O)[O-])cc1. The number of carbonyl (C=O) groups excluding carboxylic acids is 1. The molecule has 0 spiro atoms. The number of ether oxygens (including phenoxy) is 4. The molecule has 36 heavy (non-hydrogen) atoms. The van der Waals surface area contributed by atoms with Gasteiger partial charge < -0.3 is 18.9 Å². The Morgan fingerprint density at radius 2 is 1.78 bits per heavy atom. The zero-order valence-electron chi connectivity index (χ0n) is 21.2. The van der Waals surface area contributed by atoms with Crippen LogP contribution in [0.1, 0.15) is 72.1 Å². The lowest BCUT2D eigenvalue weighted by Crippen LogP contribution is -2.38. The quantitative estimate of drug-likeness (QED) is 0.114. The topological polar surface area (TPSA) is 131 Å². The average Bonchev–Trinajstić information content (AvgIpc) is 3.29. The molecular formula is C25H37N3O8. The lowest BCUT2D eigenvalue weighted by atomic mass is 10.1. The van der Waals surface area contributed by atoms with Crippen LogP contribution in [0.3, 0.4) is 0 Å². The predicted octanol–water partition coefficient (Wildman–Crippen LogP) is 5.53. The molecule has 1 aromatic rings. The van der Waals surface area contributed by atoms with E-state index < -0.39 is 41.4 Å². The van der Waals surface area contributed by atoms with Crippen LogP contribution in [0.25, 0.3) is 0 Å². The number of hydrogen-bond donors (Lipinski definition) is 1. The van der Waals surface area contributed by atoms with E-state index in [0.717, 1.165) is 12.8 Å². The Morgan fingerprint density at radius 1 is 1.11 bits per heavy atom. The molecule has 2 saturated heterocycles. The first-order valence-electron chi connectivity index (χ1n) is 12.7. The zero-order valence-corrected chi connectivity index (χ0v) is 21.2. The van der Waals surface area contributed by atoms with Crippen LogP contribution in [0.2, 0.25) is 0 Å². The first-order valence-corrected chi connectivity index (χ1v) is 12.7. The molecule has 2 heterocycles. The van der Waals surface area contributed by atoms with Crippen molar-refractivity contribution in [1.29, 1.82) is 0 Å². The van der Waals surface area contributed by atoms with Crippen molar-refractivity contribution in [1.82, 2.24) is 0 Å². The number of benzene rings is 1. The summed E-state index contributed by atoms with van der Waals surface area (Å²) in [4.78, 5) is 27.1. The molecular weight excluding hydrogens is 470 g/mol. The standard InChI is InChI=1S/C25H37N3O8/c1-4-5-6-7-8-9-10-11-16-32-21-20(33-23-22(21)34-25(2,3)35-23)17-26-36-24(29)27-18-12-14-19(15-13-18)28(30)31/h12-15,17,20-23H,4-11,16H2,1-3H3,(H,27,29)/b26-17+/t20-,21+,22-,23-/m1/s1. The third-order valence-corrected chi connectivity index (χ3v) is 6.00. The van der Waals surface area contributed by atoms with E-state index in [1.165, 1.54) is 69.0 Å². The Morgan fingerprint density at radius 3 is 2.44 bits per heavy atom. The van der Waals surface area contributed by atoms with Gasteiger partial charge in [0.2, 0.25) is 0 Å². The molecule has 0 aromatic heterocycles. The molecule has 1 aromatic carbocycles. The molecule has 200 valence electrons. The van der Waals surface area contributed by atoms with Gasteiger partial charge in [0.1, 0.15) is 18.3 Å². The number of oxime groups is 1. The maximum Gasteiger partial charge on any atom is 0.437 e. The number of unbranched alkanes of at least 4 members (excludes halogenated alkanes) is 7. The Hall–Kier alpha value is -2.60. The lowest BCUT2D eigenvalue weighted by Gasteiger charge is -2.24. The van der Waals surface area contributed by atoms with Crippen molar-refractivity contribution in [2.45, 2.75) is 103 Å². The van der Waals surface area contributed by atoms with Crippen LogP contribution in [0.15, 0.2) is 29.4 Å². The summed E-state index contributed by atoms with van der Waals surface area (Å²) in [5, 5.41) is 16.9. The van der Waals surface area contributed by atoms with E-state index in [1.54, 1.807) is 0 Å². The van der Waals surface area contributed by atoms with Gasteiger partial charge in [0.25, 0.3) is 5.69 Å². The number of rotatable bonds is 14. The highest BCUT2D eigenvalue weighted by Crippen LogP contribution is 2.38. The van der Waals surface area contributed by atoms with Gasteiger partial charge in [-0.25, -0.2) is 4.79 Å². The summed E-state index contributed by atoms with van der Waals surface area (Å²) < 4.78 is 23.8. The van der Waals surface area contributed by atoms with Crippen molar-refractivity contribution in [3.8, 4) is 0 Å². The molecule has 11 heteroatoms. The van der Waals surface area contributed by atoms with E-state index in [2.05, 4.69) is 17.4 Å². The minimum absolute atomic E-state index is 0.0819. The van der Waals surface area contributed by atoms with Gasteiger partial charge in [-0.05, 0) is 32.4 Å². The predicted molar refractivity (Wildman–Crippen MR) is 133 cm³/mol. The summed E-state index contributed by atoms with van der Waals surface area (Å²) in [5.41, 5.74) is 0.254. The molecule has 2 aliphatic rings. The molecule has 0 unspecified atom stereocenters. The van der Waals surface area contributed by atoms with Gasteiger partial charge in [-0.1, -0.05) is 57.0 Å². The number of nitrogens with one attached hydrogen (secondary N) is 1. The van der Waals surface area contributed by atoms with E-state index >= 15 is 0 Å². The number of carbonyl (C=O) groups is 1. The fourth-order valence-corrected chi connectivity index (χ4v) is 4.21. The van der Waals surface area contributed by atoms with Gasteiger partial charge >= 0.3 is 6.09 Å². The molecule has 0 aliphatic carbocycles. The second kappa shape index (κ2) is 13.6. The van der Waals surface area contributed by atoms with E-state index in [0.29, 0.717) is 12.3 Å². The molecule has 2 fully saturated rings. The highest BCUT2D eigenvalue weighted by molar-refractivity contribution is 5.85. The van der Waals surface area contributed by atoms with Gasteiger partial charge in [-0.15, -0.1) is 0 Å². The maximum absolute atomic E-state index is 12.0. The fourth-order valence-electron chi connectivity index (χ4n) is 4.21. The smallest absolute Gasteiger partial charge is 0.372 e. The number of nitro benzene ring substituents is 1. The second-order valence-corrected chi connectivity index (χ2v) is 9.44. The summed E-state index contributed by atoms with van der Waals surface area (Å²) in [6.07, 6.45) is 8.03. The van der Waals surface area contributed by atoms with E-state index in [9.17, 15) is 14.9 Å². The zero-order chi connectivity index (χ0) is 26.0. The molecule has 0 radical (unpaired) electrons. The van der Waals surface area contributed by atoms with Crippen molar-refractivity contribution in [3.05, 3.63) is 34.4 Å². The van der Waals surface area contributed by atoms with Gasteiger partial charge in [0.15, 0.2) is 12.1 Å². The first kappa shape index (κ1) is 28.0. The normalized spacial score (nSPS) is 24.6. The van der Waals surface area contributed by atoms with Crippen LogP contribution in [0.4, 0.5) is 16.2 Å². The highest BCUT2D eigenvalue weighted by atomic mass is 16.8. The summed E-state index contributed by atoms with van der Waals surface area (Å²) in [5.74, 6) is -0.779. The maximum atomic E-state index is 12.0. The average molecular weight is 508 g/mol. The third kappa shape index (κ3) is 8.51. The Labute approximate surface area is 211 Å². The lowest BCUT2D eigenvalue weighted by molar-refractivity contribution is -0.384. The van der Waals surface area contributed by atoms with Crippen LogP contribution < -0.4 is 5.32 Å². The number of hydrogen-bond acceptors (Lipinski definition) is 9. The summed E-state index contributed by atoms with van der Waals surface area (Å²) >= 11 is 0. The highest BCUT2D eigenvalue weighted by Gasteiger charge is 2.55. The molecule has 0 saturated carbocycles. The summed E-state index contributed by atoms with van der Waals surface area (Å²) in [7, 11) is 0. The van der Waals surface area contributed by atoms with Gasteiger partial charge in [-0.2, -0.15) is 0 Å². The number of nitro groups is 1. The first-order chi connectivity index (χ1) is 17.3. The summed E-state index contributed by atoms with van der Waals surface area (Å²) in [6.45, 7) is 6.41. The number of non-ortho nitro benzene ring substituents is 1. The van der Waals surface area contributed by atoms with E-state index in [4.69, 9.17) is 23.8 Å². The van der Waals surface area contributed by atoms with Crippen LogP contribution >= 0.6 is 0 Å². The van der Waals surface area contributed by atoms with Crippen LogP contribution in [0, 0.1) is 10.1 Å². The van der Waals surface area contributed by atoms with Gasteiger partial charge in [0.05, 0.1) is 11.1 Å². The van der Waals surface area contributed by atoms with Crippen LogP contribution in [0.5, 0.6) is 0 Å². The minimum Gasteiger partial charge on any atom is -0.372 e. The molecule has 11 nitrogen and oxygen atoms in total. The van der Waals surface area contributed by atoms with Crippen molar-refractivity contribution in [3.63, 3.8) is 0 Å². The number of amides is 1. The van der Waals surface area contributed by atoms with E-state index in [1.807, 2.05) is 13.8 Å². The minimum atomic E-state index is -0.844. The van der Waals surface area contributed by atoms with Crippen molar-refractivity contribution in [2.75, 3.05) is 11.9 Å². The monoisotopic (exact) mass is 507 g/mol. The van der Waals surface area contributed by atoms with Crippen molar-refractivity contribution < 1.29 is 33.5 Å². The Bertz CT molecular complexity index is 877. The fraction of sp³-hybridized carbons (Fsp3) is 0.680. The van der Waals surface area contributed by atoms with Gasteiger partial charge in [0, 0.05) is 24.4 Å². The van der Waals surface area contributed by atoms with Crippen LogP contribution in [-0.4, -0.2) is 54.2 Å². The van der Waals surface area contributed by atoms with Crippen molar-refractivity contribution in [2.24, 2.45) is 5.16 Å². The van der Waals surface area contributed by atoms with Gasteiger partial charge in [-0.3, -0.25) is 20.3 Å².